The number of thioether (sulfide) groups is 1. The highest BCUT2D eigenvalue weighted by Gasteiger charge is 2.29. The minimum atomic E-state index is -0.803. The van der Waals surface area contributed by atoms with Crippen molar-refractivity contribution in [3.63, 3.8) is 0 Å². The summed E-state index contributed by atoms with van der Waals surface area (Å²) in [5.74, 6) is -0.744. The summed E-state index contributed by atoms with van der Waals surface area (Å²) in [7, 11) is 0. The average Bonchev–Trinajstić information content (AvgIpc) is 2.72. The molecule has 0 saturated heterocycles. The molecule has 0 unspecified atom stereocenters. The van der Waals surface area contributed by atoms with Crippen LogP contribution in [0.3, 0.4) is 0 Å². The van der Waals surface area contributed by atoms with E-state index >= 15 is 0 Å². The van der Waals surface area contributed by atoms with Crippen molar-refractivity contribution in [3.8, 4) is 0 Å². The number of aliphatic carboxylic acids is 1. The molecule has 0 aliphatic carbocycles. The molecule has 0 saturated carbocycles. The summed E-state index contributed by atoms with van der Waals surface area (Å²) in [5, 5.41) is 9.61. The maximum absolute atomic E-state index is 10.7. The fourth-order valence-electron chi connectivity index (χ4n) is 2.30. The molecule has 0 aromatic carbocycles. The van der Waals surface area contributed by atoms with E-state index in [-0.39, 0.29) is 11.3 Å². The number of aryl methyl sites for hydroxylation is 1. The van der Waals surface area contributed by atoms with Gasteiger partial charge < -0.3 is 9.67 Å². The summed E-state index contributed by atoms with van der Waals surface area (Å²) >= 11 is 1.30. The molecule has 0 radical (unpaired) electrons. The van der Waals surface area contributed by atoms with Crippen molar-refractivity contribution in [1.82, 2.24) is 9.55 Å². The van der Waals surface area contributed by atoms with E-state index in [2.05, 4.69) is 30.3 Å². The van der Waals surface area contributed by atoms with Crippen molar-refractivity contribution < 1.29 is 9.90 Å². The molecular weight excluding hydrogens is 248 g/mol. The Kier molecular flexibility index (Phi) is 5.26. The molecule has 0 spiro atoms. The average molecular weight is 270 g/mol. The van der Waals surface area contributed by atoms with Crippen LogP contribution in [0.15, 0.2) is 11.4 Å². The highest BCUT2D eigenvalue weighted by Crippen LogP contribution is 2.33. The third-order valence-electron chi connectivity index (χ3n) is 3.60. The molecule has 1 aromatic rings. The first-order valence-electron chi connectivity index (χ1n) is 6.40. The lowest BCUT2D eigenvalue weighted by Gasteiger charge is -2.33. The summed E-state index contributed by atoms with van der Waals surface area (Å²) in [6, 6.07) is 0. The van der Waals surface area contributed by atoms with Crippen molar-refractivity contribution >= 4 is 17.7 Å². The lowest BCUT2D eigenvalue weighted by Crippen LogP contribution is -2.31. The van der Waals surface area contributed by atoms with Crippen LogP contribution in [-0.2, 0) is 10.3 Å². The normalized spacial score (nSPS) is 11.8. The number of rotatable bonds is 7. The smallest absolute Gasteiger partial charge is 0.313 e. The Morgan fingerprint density at radius 3 is 2.39 bits per heavy atom. The van der Waals surface area contributed by atoms with E-state index < -0.39 is 5.97 Å². The zero-order valence-corrected chi connectivity index (χ0v) is 12.4. The second kappa shape index (κ2) is 6.27. The van der Waals surface area contributed by atoms with Gasteiger partial charge in [0.2, 0.25) is 0 Å². The van der Waals surface area contributed by atoms with E-state index in [0.29, 0.717) is 0 Å². The van der Waals surface area contributed by atoms with Crippen LogP contribution in [0, 0.1) is 6.92 Å². The first-order chi connectivity index (χ1) is 8.49. The summed E-state index contributed by atoms with van der Waals surface area (Å²) < 4.78 is 2.18. The van der Waals surface area contributed by atoms with Gasteiger partial charge in [-0.25, -0.2) is 4.98 Å². The van der Waals surface area contributed by atoms with E-state index in [1.807, 2.05) is 13.1 Å². The minimum Gasteiger partial charge on any atom is -0.481 e. The van der Waals surface area contributed by atoms with Crippen LogP contribution >= 0.6 is 11.8 Å². The van der Waals surface area contributed by atoms with Crippen LogP contribution in [0.25, 0.3) is 0 Å². The van der Waals surface area contributed by atoms with Gasteiger partial charge in [-0.2, -0.15) is 0 Å². The van der Waals surface area contributed by atoms with E-state index in [1.54, 1.807) is 0 Å². The van der Waals surface area contributed by atoms with Gasteiger partial charge in [-0.15, -0.1) is 0 Å². The third-order valence-corrected chi connectivity index (χ3v) is 4.54. The monoisotopic (exact) mass is 270 g/mol. The standard InChI is InChI=1S/C13H22N2O2S/c1-5-13(6-2,7-3)15-8-10(4)14-12(15)18-9-11(16)17/h8H,5-7,9H2,1-4H3,(H,16,17). The summed E-state index contributed by atoms with van der Waals surface area (Å²) in [6.45, 7) is 8.48. The van der Waals surface area contributed by atoms with Gasteiger partial charge in [-0.1, -0.05) is 32.5 Å². The number of hydrogen-bond donors (Lipinski definition) is 1. The molecule has 0 aliphatic heterocycles. The molecular formula is C13H22N2O2S. The van der Waals surface area contributed by atoms with Gasteiger partial charge in [-0.05, 0) is 26.2 Å². The maximum Gasteiger partial charge on any atom is 0.313 e. The highest BCUT2D eigenvalue weighted by molar-refractivity contribution is 7.99. The lowest BCUT2D eigenvalue weighted by molar-refractivity contribution is -0.133. The van der Waals surface area contributed by atoms with Gasteiger partial charge in [0, 0.05) is 11.7 Å². The van der Waals surface area contributed by atoms with Gasteiger partial charge in [0.1, 0.15) is 0 Å². The summed E-state index contributed by atoms with van der Waals surface area (Å²) in [4.78, 5) is 15.1. The van der Waals surface area contributed by atoms with Gasteiger partial charge in [0.05, 0.1) is 11.4 Å². The largest absolute Gasteiger partial charge is 0.481 e. The fraction of sp³-hybridized carbons (Fsp3) is 0.692. The molecule has 0 bridgehead atoms. The molecule has 18 heavy (non-hydrogen) atoms. The van der Waals surface area contributed by atoms with Crippen LogP contribution < -0.4 is 0 Å². The zero-order chi connectivity index (χ0) is 13.8. The molecule has 4 nitrogen and oxygen atoms in total. The summed E-state index contributed by atoms with van der Waals surface area (Å²) in [5.41, 5.74) is 1.00. The Morgan fingerprint density at radius 2 is 1.94 bits per heavy atom. The SMILES string of the molecule is CCC(CC)(CC)n1cc(C)nc1SCC(=O)O. The van der Waals surface area contributed by atoms with E-state index in [4.69, 9.17) is 5.11 Å². The number of carboxylic acid groups (broad SMARTS) is 1. The van der Waals surface area contributed by atoms with Gasteiger partial charge in [0.15, 0.2) is 5.16 Å². The number of aromatic nitrogens is 2. The van der Waals surface area contributed by atoms with Crippen LogP contribution in [-0.4, -0.2) is 26.4 Å². The molecule has 0 fully saturated rings. The van der Waals surface area contributed by atoms with E-state index in [1.165, 1.54) is 11.8 Å². The number of nitrogens with zero attached hydrogens (tertiary/aromatic N) is 2. The van der Waals surface area contributed by atoms with Crippen LogP contribution in [0.4, 0.5) is 0 Å². The Balaban J connectivity index is 3.09. The first-order valence-corrected chi connectivity index (χ1v) is 7.38. The quantitative estimate of drug-likeness (QED) is 0.772. The van der Waals surface area contributed by atoms with Gasteiger partial charge in [0.25, 0.3) is 0 Å². The Labute approximate surface area is 113 Å². The predicted molar refractivity (Wildman–Crippen MR) is 74.2 cm³/mol. The van der Waals surface area contributed by atoms with Crippen LogP contribution in [0.1, 0.15) is 45.7 Å². The van der Waals surface area contributed by atoms with Crippen molar-refractivity contribution in [2.45, 2.75) is 57.7 Å². The molecule has 0 amide bonds. The Hall–Kier alpha value is -0.970. The van der Waals surface area contributed by atoms with Crippen LogP contribution in [0.5, 0.6) is 0 Å². The number of carboxylic acids is 1. The number of imidazole rings is 1. The molecule has 1 N–H and O–H groups in total. The van der Waals surface area contributed by atoms with E-state index in [0.717, 1.165) is 30.1 Å². The molecule has 0 aliphatic rings. The van der Waals surface area contributed by atoms with Crippen molar-refractivity contribution in [3.05, 3.63) is 11.9 Å². The zero-order valence-electron chi connectivity index (χ0n) is 11.6. The second-order valence-corrected chi connectivity index (χ2v) is 5.44. The number of carbonyl (C=O) groups is 1. The van der Waals surface area contributed by atoms with E-state index in [9.17, 15) is 4.79 Å². The molecule has 5 heteroatoms. The molecule has 1 rings (SSSR count). The van der Waals surface area contributed by atoms with Gasteiger partial charge in [-0.3, -0.25) is 4.79 Å². The molecule has 102 valence electrons. The van der Waals surface area contributed by atoms with Gasteiger partial charge >= 0.3 is 5.97 Å². The fourth-order valence-corrected chi connectivity index (χ4v) is 3.15. The topological polar surface area (TPSA) is 55.1 Å². The first kappa shape index (κ1) is 15.1. The second-order valence-electron chi connectivity index (χ2n) is 4.50. The van der Waals surface area contributed by atoms with Crippen molar-refractivity contribution in [2.75, 3.05) is 5.75 Å². The Bertz CT molecular complexity index is 403. The Morgan fingerprint density at radius 1 is 1.39 bits per heavy atom. The molecule has 0 atom stereocenters. The van der Waals surface area contributed by atoms with Crippen LogP contribution in [0.2, 0.25) is 0 Å². The number of hydrogen-bond acceptors (Lipinski definition) is 3. The minimum absolute atomic E-state index is 0.0576. The van der Waals surface area contributed by atoms with Crippen molar-refractivity contribution in [1.29, 1.82) is 0 Å². The third kappa shape index (κ3) is 3.07. The molecule has 1 heterocycles. The highest BCUT2D eigenvalue weighted by atomic mass is 32.2. The molecule has 1 aromatic heterocycles. The summed E-state index contributed by atoms with van der Waals surface area (Å²) in [6.07, 6.45) is 5.12. The van der Waals surface area contributed by atoms with Crippen molar-refractivity contribution in [2.24, 2.45) is 0 Å². The predicted octanol–water partition coefficient (Wildman–Crippen LogP) is 3.29. The maximum atomic E-state index is 10.7. The lowest BCUT2D eigenvalue weighted by atomic mass is 9.89.